The van der Waals surface area contributed by atoms with E-state index in [9.17, 15) is 4.79 Å². The van der Waals surface area contributed by atoms with Crippen molar-refractivity contribution in [1.29, 1.82) is 0 Å². The number of nitrogens with zero attached hydrogens (tertiary/aromatic N) is 1. The van der Waals surface area contributed by atoms with Crippen LogP contribution in [-0.2, 0) is 6.42 Å². The zero-order chi connectivity index (χ0) is 14.1. The number of aryl methyl sites for hydroxylation is 2. The van der Waals surface area contributed by atoms with Crippen molar-refractivity contribution in [2.24, 2.45) is 0 Å². The van der Waals surface area contributed by atoms with Crippen LogP contribution in [0, 0.1) is 6.92 Å². The molecule has 20 heavy (non-hydrogen) atoms. The van der Waals surface area contributed by atoms with E-state index < -0.39 is 0 Å². The molecule has 0 radical (unpaired) electrons. The van der Waals surface area contributed by atoms with E-state index in [0.717, 1.165) is 30.6 Å². The Bertz CT molecular complexity index is 666. The van der Waals surface area contributed by atoms with E-state index in [2.05, 4.69) is 6.07 Å². The van der Waals surface area contributed by atoms with E-state index in [4.69, 9.17) is 11.6 Å². The topological polar surface area (TPSA) is 20.3 Å². The number of halogens is 1. The maximum atomic E-state index is 12.7. The van der Waals surface area contributed by atoms with Crippen LogP contribution in [0.15, 0.2) is 42.5 Å². The molecule has 0 atom stereocenters. The molecule has 2 aromatic rings. The molecule has 0 saturated carbocycles. The average molecular weight is 286 g/mol. The molecule has 0 spiro atoms. The molecule has 0 saturated heterocycles. The normalized spacial score (nSPS) is 14.0. The van der Waals surface area contributed by atoms with Gasteiger partial charge in [0.2, 0.25) is 0 Å². The third-order valence-electron chi connectivity index (χ3n) is 3.77. The first-order valence-corrected chi connectivity index (χ1v) is 7.20. The monoisotopic (exact) mass is 285 g/mol. The smallest absolute Gasteiger partial charge is 0.258 e. The minimum Gasteiger partial charge on any atom is -0.308 e. The van der Waals surface area contributed by atoms with Gasteiger partial charge in [0.25, 0.3) is 5.91 Å². The van der Waals surface area contributed by atoms with Crippen molar-refractivity contribution in [1.82, 2.24) is 0 Å². The number of benzene rings is 2. The Kier molecular flexibility index (Phi) is 3.49. The highest BCUT2D eigenvalue weighted by Gasteiger charge is 2.23. The summed E-state index contributed by atoms with van der Waals surface area (Å²) in [4.78, 5) is 14.6. The zero-order valence-electron chi connectivity index (χ0n) is 11.4. The zero-order valence-corrected chi connectivity index (χ0v) is 12.2. The van der Waals surface area contributed by atoms with Gasteiger partial charge < -0.3 is 4.90 Å². The summed E-state index contributed by atoms with van der Waals surface area (Å²) < 4.78 is 0. The average Bonchev–Trinajstić information content (AvgIpc) is 2.49. The van der Waals surface area contributed by atoms with E-state index in [1.54, 1.807) is 6.07 Å². The number of anilines is 1. The molecular weight excluding hydrogens is 270 g/mol. The summed E-state index contributed by atoms with van der Waals surface area (Å²) in [6.07, 6.45) is 2.04. The standard InChI is InChI=1S/C17H16ClNO/c1-12-8-9-14(11-15(12)18)17(20)19-10-4-6-13-5-2-3-7-16(13)19/h2-3,5,7-9,11H,4,6,10H2,1H3. The van der Waals surface area contributed by atoms with Gasteiger partial charge in [-0.25, -0.2) is 0 Å². The summed E-state index contributed by atoms with van der Waals surface area (Å²) in [6.45, 7) is 2.70. The SMILES string of the molecule is Cc1ccc(C(=O)N2CCCc3ccccc32)cc1Cl. The molecular formula is C17H16ClNO. The van der Waals surface area contributed by atoms with Crippen LogP contribution < -0.4 is 4.90 Å². The van der Waals surface area contributed by atoms with Crippen molar-refractivity contribution < 1.29 is 4.79 Å². The summed E-state index contributed by atoms with van der Waals surface area (Å²) in [5, 5.41) is 0.640. The van der Waals surface area contributed by atoms with Crippen LogP contribution in [0.3, 0.4) is 0 Å². The van der Waals surface area contributed by atoms with E-state index in [-0.39, 0.29) is 5.91 Å². The van der Waals surface area contributed by atoms with Gasteiger partial charge in [-0.05, 0) is 49.1 Å². The fraction of sp³-hybridized carbons (Fsp3) is 0.235. The number of fused-ring (bicyclic) bond motifs is 1. The fourth-order valence-corrected chi connectivity index (χ4v) is 2.81. The highest BCUT2D eigenvalue weighted by atomic mass is 35.5. The number of hydrogen-bond donors (Lipinski definition) is 0. The Morgan fingerprint density at radius 1 is 1.20 bits per heavy atom. The van der Waals surface area contributed by atoms with Crippen LogP contribution in [0.2, 0.25) is 5.02 Å². The van der Waals surface area contributed by atoms with Gasteiger partial charge in [-0.2, -0.15) is 0 Å². The maximum absolute atomic E-state index is 12.7. The molecule has 1 aliphatic heterocycles. The summed E-state index contributed by atoms with van der Waals surface area (Å²) in [5.74, 6) is 0.0269. The fourth-order valence-electron chi connectivity index (χ4n) is 2.63. The van der Waals surface area contributed by atoms with Crippen molar-refractivity contribution in [3.63, 3.8) is 0 Å². The third kappa shape index (κ3) is 2.32. The molecule has 0 bridgehead atoms. The molecule has 2 nitrogen and oxygen atoms in total. The van der Waals surface area contributed by atoms with Crippen LogP contribution in [-0.4, -0.2) is 12.5 Å². The van der Waals surface area contributed by atoms with Gasteiger partial charge in [-0.3, -0.25) is 4.79 Å². The minimum atomic E-state index is 0.0269. The molecule has 1 amide bonds. The molecule has 102 valence electrons. The van der Waals surface area contributed by atoms with Gasteiger partial charge in [0.05, 0.1) is 0 Å². The van der Waals surface area contributed by atoms with Gasteiger partial charge in [0.1, 0.15) is 0 Å². The molecule has 0 aliphatic carbocycles. The molecule has 0 N–H and O–H groups in total. The number of amides is 1. The predicted octanol–water partition coefficient (Wildman–Crippen LogP) is 4.24. The number of para-hydroxylation sites is 1. The second-order valence-electron chi connectivity index (χ2n) is 5.15. The van der Waals surface area contributed by atoms with E-state index >= 15 is 0 Å². The van der Waals surface area contributed by atoms with E-state index in [1.165, 1.54) is 5.56 Å². The second-order valence-corrected chi connectivity index (χ2v) is 5.56. The first-order valence-electron chi connectivity index (χ1n) is 6.83. The van der Waals surface area contributed by atoms with E-state index in [0.29, 0.717) is 10.6 Å². The second kappa shape index (κ2) is 5.29. The highest BCUT2D eigenvalue weighted by Crippen LogP contribution is 2.28. The van der Waals surface area contributed by atoms with Crippen molar-refractivity contribution >= 4 is 23.2 Å². The Labute approximate surface area is 124 Å². The molecule has 0 fully saturated rings. The third-order valence-corrected chi connectivity index (χ3v) is 4.18. The van der Waals surface area contributed by atoms with Crippen LogP contribution in [0.5, 0.6) is 0 Å². The largest absolute Gasteiger partial charge is 0.308 e. The number of rotatable bonds is 1. The lowest BCUT2D eigenvalue weighted by Crippen LogP contribution is -2.35. The summed E-state index contributed by atoms with van der Waals surface area (Å²) in [5.41, 5.74) is 3.91. The number of carbonyl (C=O) groups is 1. The van der Waals surface area contributed by atoms with Crippen LogP contribution >= 0.6 is 11.6 Å². The van der Waals surface area contributed by atoms with Gasteiger partial charge in [-0.15, -0.1) is 0 Å². The van der Waals surface area contributed by atoms with Crippen LogP contribution in [0.4, 0.5) is 5.69 Å². The summed E-state index contributed by atoms with van der Waals surface area (Å²) in [6, 6.07) is 13.6. The quantitative estimate of drug-likeness (QED) is 0.767. The maximum Gasteiger partial charge on any atom is 0.258 e. The van der Waals surface area contributed by atoms with Gasteiger partial charge >= 0.3 is 0 Å². The Hall–Kier alpha value is -1.80. The lowest BCUT2D eigenvalue weighted by atomic mass is 10.0. The van der Waals surface area contributed by atoms with E-state index in [1.807, 2.05) is 42.2 Å². The predicted molar refractivity (Wildman–Crippen MR) is 82.6 cm³/mol. The van der Waals surface area contributed by atoms with Crippen LogP contribution in [0.1, 0.15) is 27.9 Å². The van der Waals surface area contributed by atoms with Crippen molar-refractivity contribution in [2.75, 3.05) is 11.4 Å². The summed E-state index contributed by atoms with van der Waals surface area (Å²) >= 11 is 6.13. The minimum absolute atomic E-state index is 0.0269. The van der Waals surface area contributed by atoms with Crippen LogP contribution in [0.25, 0.3) is 0 Å². The molecule has 3 heteroatoms. The van der Waals surface area contributed by atoms with Gasteiger partial charge in [-0.1, -0.05) is 35.9 Å². The van der Waals surface area contributed by atoms with Gasteiger partial charge in [0.15, 0.2) is 0 Å². The van der Waals surface area contributed by atoms with Crippen molar-refractivity contribution in [3.8, 4) is 0 Å². The molecule has 0 aromatic heterocycles. The lowest BCUT2D eigenvalue weighted by molar-refractivity contribution is 0.0985. The highest BCUT2D eigenvalue weighted by molar-refractivity contribution is 6.31. The molecule has 2 aromatic carbocycles. The van der Waals surface area contributed by atoms with Gasteiger partial charge in [0, 0.05) is 22.8 Å². The Balaban J connectivity index is 1.97. The van der Waals surface area contributed by atoms with Crippen molar-refractivity contribution in [3.05, 3.63) is 64.2 Å². The van der Waals surface area contributed by atoms with Crippen molar-refractivity contribution in [2.45, 2.75) is 19.8 Å². The molecule has 1 heterocycles. The number of carbonyl (C=O) groups excluding carboxylic acids is 1. The molecule has 0 unspecified atom stereocenters. The summed E-state index contributed by atoms with van der Waals surface area (Å²) in [7, 11) is 0. The first kappa shape index (κ1) is 13.2. The first-order chi connectivity index (χ1) is 9.66. The Morgan fingerprint density at radius 2 is 2.00 bits per heavy atom. The lowest BCUT2D eigenvalue weighted by Gasteiger charge is -2.29. The molecule has 1 aliphatic rings. The molecule has 3 rings (SSSR count). The number of hydrogen-bond acceptors (Lipinski definition) is 1. The Morgan fingerprint density at radius 3 is 2.80 bits per heavy atom.